The van der Waals surface area contributed by atoms with Crippen molar-refractivity contribution in [2.24, 2.45) is 10.4 Å². The SMILES string of the molecule is CCCC1(C)CCCN(C(=NC)NCCc2nc(C(C)C)no2)C1.I. The van der Waals surface area contributed by atoms with Crippen molar-refractivity contribution in [1.29, 1.82) is 0 Å². The Balaban J connectivity index is 0.00000312. The summed E-state index contributed by atoms with van der Waals surface area (Å²) in [6.45, 7) is 11.7. The highest BCUT2D eigenvalue weighted by Gasteiger charge is 2.31. The van der Waals surface area contributed by atoms with Gasteiger partial charge in [0.05, 0.1) is 0 Å². The zero-order chi connectivity index (χ0) is 17.6. The number of nitrogens with one attached hydrogen (secondary N) is 1. The first-order valence-electron chi connectivity index (χ1n) is 9.25. The van der Waals surface area contributed by atoms with Gasteiger partial charge in [-0.2, -0.15) is 4.98 Å². The third-order valence-corrected chi connectivity index (χ3v) is 4.77. The monoisotopic (exact) mass is 463 g/mol. The summed E-state index contributed by atoms with van der Waals surface area (Å²) in [7, 11) is 1.86. The maximum atomic E-state index is 5.30. The minimum absolute atomic E-state index is 0. The summed E-state index contributed by atoms with van der Waals surface area (Å²) < 4.78 is 5.30. The predicted octanol–water partition coefficient (Wildman–Crippen LogP) is 3.83. The number of hydrogen-bond acceptors (Lipinski definition) is 4. The summed E-state index contributed by atoms with van der Waals surface area (Å²) in [4.78, 5) is 11.3. The number of halogens is 1. The Bertz CT molecular complexity index is 541. The van der Waals surface area contributed by atoms with Crippen LogP contribution in [0.5, 0.6) is 0 Å². The molecule has 0 aromatic carbocycles. The first-order chi connectivity index (χ1) is 11.5. The first kappa shape index (κ1) is 22.2. The molecule has 1 aliphatic heterocycles. The number of aliphatic imine (C=N–C) groups is 1. The Morgan fingerprint density at radius 3 is 2.80 bits per heavy atom. The molecule has 1 fully saturated rings. The van der Waals surface area contributed by atoms with Crippen LogP contribution in [-0.4, -0.2) is 47.7 Å². The van der Waals surface area contributed by atoms with Gasteiger partial charge in [-0.05, 0) is 24.7 Å². The number of guanidine groups is 1. The van der Waals surface area contributed by atoms with Gasteiger partial charge < -0.3 is 14.7 Å². The van der Waals surface area contributed by atoms with E-state index in [0.29, 0.717) is 17.2 Å². The second kappa shape index (κ2) is 10.3. The Morgan fingerprint density at radius 1 is 1.44 bits per heavy atom. The van der Waals surface area contributed by atoms with Gasteiger partial charge in [-0.1, -0.05) is 39.3 Å². The number of piperidine rings is 1. The fraction of sp³-hybridized carbons (Fsp3) is 0.833. The van der Waals surface area contributed by atoms with E-state index < -0.39 is 0 Å². The summed E-state index contributed by atoms with van der Waals surface area (Å²) in [5, 5.41) is 7.46. The fourth-order valence-electron chi connectivity index (χ4n) is 3.52. The molecule has 1 unspecified atom stereocenters. The summed E-state index contributed by atoms with van der Waals surface area (Å²) >= 11 is 0. The average Bonchev–Trinajstić information content (AvgIpc) is 3.00. The Kier molecular flexibility index (Phi) is 9.16. The molecule has 1 atom stereocenters. The quantitative estimate of drug-likeness (QED) is 0.395. The summed E-state index contributed by atoms with van der Waals surface area (Å²) in [6, 6.07) is 0. The number of likely N-dealkylation sites (tertiary alicyclic amines) is 1. The molecule has 0 amide bonds. The Labute approximate surface area is 169 Å². The van der Waals surface area contributed by atoms with Crippen LogP contribution in [0.25, 0.3) is 0 Å². The van der Waals surface area contributed by atoms with Crippen molar-refractivity contribution in [2.75, 3.05) is 26.7 Å². The van der Waals surface area contributed by atoms with Crippen LogP contribution in [-0.2, 0) is 6.42 Å². The highest BCUT2D eigenvalue weighted by Crippen LogP contribution is 2.33. The van der Waals surface area contributed by atoms with E-state index in [2.05, 4.69) is 53.0 Å². The van der Waals surface area contributed by atoms with Gasteiger partial charge in [0.15, 0.2) is 11.8 Å². The largest absolute Gasteiger partial charge is 0.356 e. The fourth-order valence-corrected chi connectivity index (χ4v) is 3.52. The van der Waals surface area contributed by atoms with Gasteiger partial charge in [0.2, 0.25) is 5.89 Å². The highest BCUT2D eigenvalue weighted by atomic mass is 127. The van der Waals surface area contributed by atoms with E-state index in [4.69, 9.17) is 4.52 Å². The van der Waals surface area contributed by atoms with Crippen LogP contribution < -0.4 is 5.32 Å². The topological polar surface area (TPSA) is 66.5 Å². The van der Waals surface area contributed by atoms with E-state index in [1.807, 2.05) is 7.05 Å². The van der Waals surface area contributed by atoms with Crippen molar-refractivity contribution in [2.45, 2.75) is 65.7 Å². The molecule has 1 N–H and O–H groups in total. The van der Waals surface area contributed by atoms with Crippen molar-refractivity contribution in [3.8, 4) is 0 Å². The van der Waals surface area contributed by atoms with Crippen molar-refractivity contribution in [3.63, 3.8) is 0 Å². The van der Waals surface area contributed by atoms with Crippen LogP contribution in [0, 0.1) is 5.41 Å². The molecule has 0 saturated carbocycles. The van der Waals surface area contributed by atoms with Gasteiger partial charge in [0.25, 0.3) is 0 Å². The standard InChI is InChI=1S/C18H33N5O.HI/c1-6-9-18(4)10-7-12-23(13-18)17(19-5)20-11-8-15-21-16(14(2)3)22-24-15;/h14H,6-13H2,1-5H3,(H,19,20);1H. The van der Waals surface area contributed by atoms with Crippen LogP contribution in [0.15, 0.2) is 9.52 Å². The van der Waals surface area contributed by atoms with Gasteiger partial charge in [0.1, 0.15) is 0 Å². The van der Waals surface area contributed by atoms with E-state index in [-0.39, 0.29) is 24.0 Å². The normalized spacial score (nSPS) is 21.4. The van der Waals surface area contributed by atoms with Gasteiger partial charge in [-0.3, -0.25) is 4.99 Å². The Hall–Kier alpha value is -0.860. The van der Waals surface area contributed by atoms with Gasteiger partial charge in [0, 0.05) is 39.0 Å². The molecule has 2 heterocycles. The third-order valence-electron chi connectivity index (χ3n) is 4.77. The number of nitrogens with zero attached hydrogens (tertiary/aromatic N) is 4. The van der Waals surface area contributed by atoms with E-state index in [1.165, 1.54) is 25.7 Å². The molecule has 1 aromatic rings. The van der Waals surface area contributed by atoms with Crippen LogP contribution >= 0.6 is 24.0 Å². The minimum Gasteiger partial charge on any atom is -0.356 e. The molecular weight excluding hydrogens is 429 g/mol. The number of aromatic nitrogens is 2. The van der Waals surface area contributed by atoms with Gasteiger partial charge in [-0.15, -0.1) is 24.0 Å². The molecule has 1 aromatic heterocycles. The Morgan fingerprint density at radius 2 is 2.20 bits per heavy atom. The third kappa shape index (κ3) is 6.42. The lowest BCUT2D eigenvalue weighted by Gasteiger charge is -2.42. The summed E-state index contributed by atoms with van der Waals surface area (Å²) in [6.07, 6.45) is 5.79. The zero-order valence-corrected chi connectivity index (χ0v) is 18.7. The second-order valence-electron chi connectivity index (χ2n) is 7.51. The molecule has 0 aliphatic carbocycles. The predicted molar refractivity (Wildman–Crippen MR) is 113 cm³/mol. The van der Waals surface area contributed by atoms with Gasteiger partial charge in [-0.25, -0.2) is 0 Å². The molecule has 1 aliphatic rings. The molecule has 0 bridgehead atoms. The molecule has 0 radical (unpaired) electrons. The molecule has 1 saturated heterocycles. The van der Waals surface area contributed by atoms with Crippen LogP contribution in [0.1, 0.15) is 71.0 Å². The minimum atomic E-state index is 0. The molecule has 144 valence electrons. The molecule has 25 heavy (non-hydrogen) atoms. The molecule has 0 spiro atoms. The number of hydrogen-bond donors (Lipinski definition) is 1. The second-order valence-corrected chi connectivity index (χ2v) is 7.51. The van der Waals surface area contributed by atoms with Crippen LogP contribution in [0.4, 0.5) is 0 Å². The number of rotatable bonds is 6. The summed E-state index contributed by atoms with van der Waals surface area (Å²) in [5.74, 6) is 2.75. The highest BCUT2D eigenvalue weighted by molar-refractivity contribution is 14.0. The lowest BCUT2D eigenvalue weighted by Crippen LogP contribution is -2.50. The van der Waals surface area contributed by atoms with E-state index in [9.17, 15) is 0 Å². The van der Waals surface area contributed by atoms with E-state index >= 15 is 0 Å². The zero-order valence-electron chi connectivity index (χ0n) is 16.3. The maximum Gasteiger partial charge on any atom is 0.228 e. The molecule has 2 rings (SSSR count). The van der Waals surface area contributed by atoms with Crippen molar-refractivity contribution in [1.82, 2.24) is 20.4 Å². The van der Waals surface area contributed by atoms with Crippen LogP contribution in [0.3, 0.4) is 0 Å². The van der Waals surface area contributed by atoms with E-state index in [1.54, 1.807) is 0 Å². The van der Waals surface area contributed by atoms with Crippen molar-refractivity contribution in [3.05, 3.63) is 11.7 Å². The molecule has 6 nitrogen and oxygen atoms in total. The molecule has 7 heteroatoms. The van der Waals surface area contributed by atoms with Crippen molar-refractivity contribution < 1.29 is 4.52 Å². The smallest absolute Gasteiger partial charge is 0.228 e. The average molecular weight is 463 g/mol. The lowest BCUT2D eigenvalue weighted by atomic mass is 9.78. The van der Waals surface area contributed by atoms with Crippen LogP contribution in [0.2, 0.25) is 0 Å². The molecular formula is C18H34IN5O. The van der Waals surface area contributed by atoms with Gasteiger partial charge >= 0.3 is 0 Å². The van der Waals surface area contributed by atoms with E-state index in [0.717, 1.165) is 37.8 Å². The lowest BCUT2D eigenvalue weighted by molar-refractivity contribution is 0.142. The first-order valence-corrected chi connectivity index (χ1v) is 9.25. The maximum absolute atomic E-state index is 5.30. The summed E-state index contributed by atoms with van der Waals surface area (Å²) in [5.41, 5.74) is 0.406. The van der Waals surface area contributed by atoms with Crippen molar-refractivity contribution >= 4 is 29.9 Å².